The van der Waals surface area contributed by atoms with E-state index in [1.807, 2.05) is 0 Å². The van der Waals surface area contributed by atoms with Crippen LogP contribution in [0.4, 0.5) is 0 Å². The van der Waals surface area contributed by atoms with Crippen molar-refractivity contribution in [3.8, 4) is 0 Å². The highest BCUT2D eigenvalue weighted by atomic mass is 14.9. The molecule has 0 fully saturated rings. The van der Waals surface area contributed by atoms with Gasteiger partial charge in [-0.2, -0.15) is 0 Å². The van der Waals surface area contributed by atoms with Gasteiger partial charge in [0.2, 0.25) is 0 Å². The first-order valence-electron chi connectivity index (χ1n) is 7.79. The highest BCUT2D eigenvalue weighted by Crippen LogP contribution is 2.26. The van der Waals surface area contributed by atoms with Gasteiger partial charge in [0.15, 0.2) is 0 Å². The Morgan fingerprint density at radius 1 is 0.762 bits per heavy atom. The molecule has 0 aromatic heterocycles. The molecule has 0 bridgehead atoms. The van der Waals surface area contributed by atoms with E-state index < -0.39 is 0 Å². The first-order valence-corrected chi connectivity index (χ1v) is 7.79. The van der Waals surface area contributed by atoms with Crippen LogP contribution in [0.3, 0.4) is 0 Å². The fourth-order valence-electron chi connectivity index (χ4n) is 3.49. The minimum atomic E-state index is 0.347. The lowest BCUT2D eigenvalue weighted by Crippen LogP contribution is -2.24. The second-order valence-electron chi connectivity index (χ2n) is 6.28. The second kappa shape index (κ2) is 6.44. The smallest absolute Gasteiger partial charge is 0.0302 e. The third-order valence-corrected chi connectivity index (χ3v) is 4.33. The van der Waals surface area contributed by atoms with Crippen LogP contribution in [0, 0.1) is 27.7 Å². The summed E-state index contributed by atoms with van der Waals surface area (Å²) >= 11 is 0. The van der Waals surface area contributed by atoms with Crippen molar-refractivity contribution in [1.82, 2.24) is 5.32 Å². The molecule has 0 saturated heterocycles. The van der Waals surface area contributed by atoms with Crippen LogP contribution in [-0.4, -0.2) is 0 Å². The predicted molar refractivity (Wildman–Crippen MR) is 91.8 cm³/mol. The average molecular weight is 281 g/mol. The number of rotatable bonds is 4. The van der Waals surface area contributed by atoms with Gasteiger partial charge in [-0.1, -0.05) is 42.0 Å². The minimum Gasteiger partial charge on any atom is -0.304 e. The van der Waals surface area contributed by atoms with Gasteiger partial charge < -0.3 is 5.32 Å². The van der Waals surface area contributed by atoms with Crippen molar-refractivity contribution in [1.29, 1.82) is 0 Å². The lowest BCUT2D eigenvalue weighted by molar-refractivity contribution is 0.490. The molecule has 21 heavy (non-hydrogen) atoms. The summed E-state index contributed by atoms with van der Waals surface area (Å²) in [4.78, 5) is 0. The van der Waals surface area contributed by atoms with E-state index in [4.69, 9.17) is 0 Å². The number of hydrogen-bond acceptors (Lipinski definition) is 1. The van der Waals surface area contributed by atoms with Crippen molar-refractivity contribution in [2.75, 3.05) is 0 Å². The number of benzene rings is 2. The first kappa shape index (κ1) is 15.8. The van der Waals surface area contributed by atoms with Crippen LogP contribution in [0.25, 0.3) is 0 Å². The van der Waals surface area contributed by atoms with Gasteiger partial charge in [0.25, 0.3) is 0 Å². The zero-order valence-corrected chi connectivity index (χ0v) is 14.1. The molecule has 2 aromatic rings. The van der Waals surface area contributed by atoms with Gasteiger partial charge in [0.1, 0.15) is 0 Å². The summed E-state index contributed by atoms with van der Waals surface area (Å²) in [5.74, 6) is 0. The molecule has 0 aliphatic carbocycles. The maximum Gasteiger partial charge on any atom is 0.0302 e. The molecule has 2 atom stereocenters. The van der Waals surface area contributed by atoms with E-state index in [1.54, 1.807) is 0 Å². The summed E-state index contributed by atoms with van der Waals surface area (Å²) in [5, 5.41) is 3.75. The van der Waals surface area contributed by atoms with Crippen LogP contribution in [0.2, 0.25) is 0 Å². The lowest BCUT2D eigenvalue weighted by Gasteiger charge is -2.25. The molecule has 1 unspecified atom stereocenters. The SMILES string of the molecule is Cc1cc(C)c(C(C)N[C@@H](C)c2ccccc2C)c(C)c1. The summed E-state index contributed by atoms with van der Waals surface area (Å²) in [6.07, 6.45) is 0. The van der Waals surface area contributed by atoms with Crippen LogP contribution in [0.1, 0.15) is 59.3 Å². The number of nitrogens with one attached hydrogen (secondary N) is 1. The van der Waals surface area contributed by atoms with Crippen LogP contribution >= 0.6 is 0 Å². The van der Waals surface area contributed by atoms with Crippen LogP contribution in [0.5, 0.6) is 0 Å². The van der Waals surface area contributed by atoms with Gasteiger partial charge in [-0.25, -0.2) is 0 Å². The summed E-state index contributed by atoms with van der Waals surface area (Å²) in [7, 11) is 0. The van der Waals surface area contributed by atoms with E-state index >= 15 is 0 Å². The van der Waals surface area contributed by atoms with E-state index in [1.165, 1.54) is 33.4 Å². The quantitative estimate of drug-likeness (QED) is 0.798. The fraction of sp³-hybridized carbons (Fsp3) is 0.400. The Morgan fingerprint density at radius 3 is 1.90 bits per heavy atom. The Hall–Kier alpha value is -1.60. The molecular formula is C20H27N. The topological polar surface area (TPSA) is 12.0 Å². The number of aryl methyl sites for hydroxylation is 4. The highest BCUT2D eigenvalue weighted by Gasteiger charge is 2.16. The molecule has 1 nitrogen and oxygen atoms in total. The van der Waals surface area contributed by atoms with Crippen molar-refractivity contribution >= 4 is 0 Å². The summed E-state index contributed by atoms with van der Waals surface area (Å²) in [5.41, 5.74) is 8.26. The Balaban J connectivity index is 2.22. The normalized spacial score (nSPS) is 14.0. The highest BCUT2D eigenvalue weighted by molar-refractivity contribution is 5.39. The second-order valence-corrected chi connectivity index (χ2v) is 6.28. The molecule has 0 radical (unpaired) electrons. The summed E-state index contributed by atoms with van der Waals surface area (Å²) < 4.78 is 0. The largest absolute Gasteiger partial charge is 0.304 e. The zero-order valence-electron chi connectivity index (χ0n) is 14.1. The Labute approximate surface area is 129 Å². The fourth-order valence-corrected chi connectivity index (χ4v) is 3.49. The monoisotopic (exact) mass is 281 g/mol. The molecule has 0 amide bonds. The van der Waals surface area contributed by atoms with Gasteiger partial charge in [-0.15, -0.1) is 0 Å². The molecule has 2 aromatic carbocycles. The standard InChI is InChI=1S/C20H27N/c1-13-11-15(3)20(16(4)12-13)18(6)21-17(5)19-10-8-7-9-14(19)2/h7-12,17-18,21H,1-6H3/t17-,18?/m0/s1. The third-order valence-electron chi connectivity index (χ3n) is 4.33. The molecule has 112 valence electrons. The summed E-state index contributed by atoms with van der Waals surface area (Å²) in [6.45, 7) is 13.3. The van der Waals surface area contributed by atoms with Crippen LogP contribution < -0.4 is 5.32 Å². The van der Waals surface area contributed by atoms with Gasteiger partial charge in [0, 0.05) is 12.1 Å². The van der Waals surface area contributed by atoms with Gasteiger partial charge in [-0.05, 0) is 69.4 Å². The predicted octanol–water partition coefficient (Wildman–Crippen LogP) is 5.33. The molecule has 0 heterocycles. The zero-order chi connectivity index (χ0) is 15.6. The average Bonchev–Trinajstić information content (AvgIpc) is 2.37. The van der Waals surface area contributed by atoms with E-state index in [0.29, 0.717) is 12.1 Å². The number of hydrogen-bond donors (Lipinski definition) is 1. The van der Waals surface area contributed by atoms with E-state index in [-0.39, 0.29) is 0 Å². The maximum absolute atomic E-state index is 3.75. The van der Waals surface area contributed by atoms with E-state index in [0.717, 1.165) is 0 Å². The van der Waals surface area contributed by atoms with E-state index in [9.17, 15) is 0 Å². The van der Waals surface area contributed by atoms with Gasteiger partial charge in [0.05, 0.1) is 0 Å². The van der Waals surface area contributed by atoms with Crippen molar-refractivity contribution in [2.45, 2.75) is 53.6 Å². The van der Waals surface area contributed by atoms with Crippen molar-refractivity contribution in [3.63, 3.8) is 0 Å². The summed E-state index contributed by atoms with van der Waals surface area (Å²) in [6, 6.07) is 13.9. The van der Waals surface area contributed by atoms with Gasteiger partial charge >= 0.3 is 0 Å². The lowest BCUT2D eigenvalue weighted by atomic mass is 9.93. The molecule has 0 saturated carbocycles. The van der Waals surface area contributed by atoms with Crippen LogP contribution in [-0.2, 0) is 0 Å². The Bertz CT molecular complexity index is 604. The Morgan fingerprint density at radius 2 is 1.33 bits per heavy atom. The van der Waals surface area contributed by atoms with E-state index in [2.05, 4.69) is 83.3 Å². The van der Waals surface area contributed by atoms with Crippen molar-refractivity contribution in [2.24, 2.45) is 0 Å². The third kappa shape index (κ3) is 3.54. The van der Waals surface area contributed by atoms with Crippen molar-refractivity contribution in [3.05, 3.63) is 69.8 Å². The molecule has 0 aliphatic heterocycles. The molecule has 0 spiro atoms. The minimum absolute atomic E-state index is 0.347. The van der Waals surface area contributed by atoms with Crippen molar-refractivity contribution < 1.29 is 0 Å². The molecule has 1 heteroatoms. The van der Waals surface area contributed by atoms with Gasteiger partial charge in [-0.3, -0.25) is 0 Å². The Kier molecular flexibility index (Phi) is 4.84. The molecule has 2 rings (SSSR count). The molecule has 0 aliphatic rings. The molecule has 1 N–H and O–H groups in total. The molecular weight excluding hydrogens is 254 g/mol. The first-order chi connectivity index (χ1) is 9.90. The van der Waals surface area contributed by atoms with Crippen LogP contribution in [0.15, 0.2) is 36.4 Å². The maximum atomic E-state index is 3.75.